The number of carboxylic acid groups (broad SMARTS) is 1. The van der Waals surface area contributed by atoms with Gasteiger partial charge in [-0.3, -0.25) is 9.52 Å². The van der Waals surface area contributed by atoms with Crippen molar-refractivity contribution < 1.29 is 18.3 Å². The predicted molar refractivity (Wildman–Crippen MR) is 107 cm³/mol. The lowest BCUT2D eigenvalue weighted by Gasteiger charge is -2.08. The monoisotopic (exact) mass is 401 g/mol. The van der Waals surface area contributed by atoms with E-state index in [0.717, 1.165) is 38.5 Å². The lowest BCUT2D eigenvalue weighted by molar-refractivity contribution is -0.137. The van der Waals surface area contributed by atoms with Crippen molar-refractivity contribution in [2.75, 3.05) is 10.5 Å². The molecule has 1 rings (SSSR count). The number of nitrogens with one attached hydrogen (secondary N) is 1. The van der Waals surface area contributed by atoms with Crippen molar-refractivity contribution in [1.82, 2.24) is 0 Å². The molecule has 146 valence electrons. The van der Waals surface area contributed by atoms with Crippen LogP contribution in [0.5, 0.6) is 0 Å². The van der Waals surface area contributed by atoms with Crippen LogP contribution in [0, 0.1) is 0 Å². The van der Waals surface area contributed by atoms with E-state index < -0.39 is 16.0 Å². The van der Waals surface area contributed by atoms with Crippen LogP contribution in [-0.2, 0) is 14.8 Å². The number of carboxylic acids is 1. The molecule has 1 aromatic rings. The van der Waals surface area contributed by atoms with E-state index in [1.165, 1.54) is 0 Å². The van der Waals surface area contributed by atoms with Crippen LogP contribution in [0.15, 0.2) is 36.4 Å². The molecule has 0 amide bonds. The minimum Gasteiger partial charge on any atom is -0.481 e. The second kappa shape index (κ2) is 12.8. The molecule has 0 atom stereocenters. The molecule has 0 spiro atoms. The molecule has 0 saturated heterocycles. The normalized spacial score (nSPS) is 11.7. The Labute approximate surface area is 161 Å². The molecule has 7 heteroatoms. The highest BCUT2D eigenvalue weighted by atomic mass is 35.5. The average Bonchev–Trinajstić information content (AvgIpc) is 2.57. The number of benzene rings is 1. The van der Waals surface area contributed by atoms with E-state index in [1.807, 2.05) is 6.08 Å². The van der Waals surface area contributed by atoms with E-state index in [0.29, 0.717) is 23.6 Å². The Morgan fingerprint density at radius 2 is 1.54 bits per heavy atom. The standard InChI is InChI=1S/C19H28ClNO4S/c20-17-12-14-18(15-13-17)21-26(24,25)16-10-8-6-4-2-1-3-5-7-9-11-19(22)23/h3,5,12-15,21H,1-2,4,6-11,16H2,(H,22,23)/b5-3-. The Morgan fingerprint density at radius 1 is 0.962 bits per heavy atom. The second-order valence-electron chi connectivity index (χ2n) is 6.24. The van der Waals surface area contributed by atoms with Crippen LogP contribution in [0.4, 0.5) is 5.69 Å². The number of carbonyl (C=O) groups is 1. The summed E-state index contributed by atoms with van der Waals surface area (Å²) < 4.78 is 26.6. The molecule has 0 aliphatic heterocycles. The zero-order chi connectivity index (χ0) is 19.3. The maximum Gasteiger partial charge on any atom is 0.303 e. The van der Waals surface area contributed by atoms with Crippen LogP contribution >= 0.6 is 11.6 Å². The van der Waals surface area contributed by atoms with Gasteiger partial charge in [0.25, 0.3) is 0 Å². The number of halogens is 1. The van der Waals surface area contributed by atoms with Crippen LogP contribution in [0.2, 0.25) is 5.02 Å². The third kappa shape index (κ3) is 11.9. The minimum absolute atomic E-state index is 0.124. The quantitative estimate of drug-likeness (QED) is 0.330. The van der Waals surface area contributed by atoms with Gasteiger partial charge in [0.05, 0.1) is 5.75 Å². The van der Waals surface area contributed by atoms with Gasteiger partial charge in [0, 0.05) is 17.1 Å². The fourth-order valence-electron chi connectivity index (χ4n) is 2.44. The summed E-state index contributed by atoms with van der Waals surface area (Å²) >= 11 is 5.78. The highest BCUT2D eigenvalue weighted by molar-refractivity contribution is 7.92. The summed E-state index contributed by atoms with van der Waals surface area (Å²) in [5, 5.41) is 9.09. The van der Waals surface area contributed by atoms with Crippen molar-refractivity contribution in [2.24, 2.45) is 0 Å². The van der Waals surface area contributed by atoms with Crippen LogP contribution in [0.25, 0.3) is 0 Å². The first-order chi connectivity index (χ1) is 12.4. The molecule has 0 saturated carbocycles. The SMILES string of the molecule is O=C(O)CCC/C=C\CCCCCCCS(=O)(=O)Nc1ccc(Cl)cc1. The number of anilines is 1. The molecule has 5 nitrogen and oxygen atoms in total. The van der Waals surface area contributed by atoms with E-state index >= 15 is 0 Å². The lowest BCUT2D eigenvalue weighted by atomic mass is 10.1. The number of unbranched alkanes of at least 4 members (excludes halogenated alkanes) is 6. The molecule has 2 N–H and O–H groups in total. The zero-order valence-corrected chi connectivity index (χ0v) is 16.6. The largest absolute Gasteiger partial charge is 0.481 e. The molecule has 1 aromatic carbocycles. The van der Waals surface area contributed by atoms with E-state index in [-0.39, 0.29) is 12.2 Å². The summed E-state index contributed by atoms with van der Waals surface area (Å²) in [7, 11) is -3.31. The topological polar surface area (TPSA) is 83.5 Å². The maximum atomic E-state index is 12.0. The molecule has 0 aliphatic rings. The van der Waals surface area contributed by atoms with Crippen molar-refractivity contribution in [1.29, 1.82) is 0 Å². The van der Waals surface area contributed by atoms with E-state index in [9.17, 15) is 13.2 Å². The number of hydrogen-bond donors (Lipinski definition) is 2. The third-order valence-electron chi connectivity index (χ3n) is 3.83. The van der Waals surface area contributed by atoms with Gasteiger partial charge in [-0.15, -0.1) is 0 Å². The molecule has 0 aromatic heterocycles. The molecule has 0 heterocycles. The van der Waals surface area contributed by atoms with Gasteiger partial charge < -0.3 is 5.11 Å². The molecule has 0 fully saturated rings. The molecule has 0 bridgehead atoms. The van der Waals surface area contributed by atoms with Crippen LogP contribution < -0.4 is 4.72 Å². The van der Waals surface area contributed by atoms with Gasteiger partial charge in [-0.1, -0.05) is 43.0 Å². The Morgan fingerprint density at radius 3 is 2.19 bits per heavy atom. The predicted octanol–water partition coefficient (Wildman–Crippen LogP) is 5.23. The number of allylic oxidation sites excluding steroid dienone is 2. The maximum absolute atomic E-state index is 12.0. The summed E-state index contributed by atoms with van der Waals surface area (Å²) in [5.41, 5.74) is 0.532. The molecule has 26 heavy (non-hydrogen) atoms. The van der Waals surface area contributed by atoms with Gasteiger partial charge >= 0.3 is 5.97 Å². The first-order valence-electron chi connectivity index (χ1n) is 9.02. The second-order valence-corrected chi connectivity index (χ2v) is 8.52. The van der Waals surface area contributed by atoms with Gasteiger partial charge in [0.15, 0.2) is 0 Å². The summed E-state index contributed by atoms with van der Waals surface area (Å²) in [6, 6.07) is 6.60. The van der Waals surface area contributed by atoms with Gasteiger partial charge in [-0.2, -0.15) is 0 Å². The zero-order valence-electron chi connectivity index (χ0n) is 15.0. The van der Waals surface area contributed by atoms with Crippen LogP contribution in [-0.4, -0.2) is 25.2 Å². The number of hydrogen-bond acceptors (Lipinski definition) is 3. The summed E-state index contributed by atoms with van der Waals surface area (Å²) in [6.45, 7) is 0. The minimum atomic E-state index is -3.31. The molecule has 0 unspecified atom stereocenters. The van der Waals surface area contributed by atoms with Crippen LogP contribution in [0.1, 0.15) is 57.8 Å². The van der Waals surface area contributed by atoms with E-state index in [4.69, 9.17) is 16.7 Å². The Balaban J connectivity index is 2.03. The van der Waals surface area contributed by atoms with Gasteiger partial charge in [-0.25, -0.2) is 8.42 Å². The highest BCUT2D eigenvalue weighted by Crippen LogP contribution is 2.15. The molecular weight excluding hydrogens is 374 g/mol. The average molecular weight is 402 g/mol. The van der Waals surface area contributed by atoms with Crippen molar-refractivity contribution in [2.45, 2.75) is 57.8 Å². The first kappa shape index (κ1) is 22.5. The molecule has 0 aliphatic carbocycles. The number of sulfonamides is 1. The number of rotatable bonds is 14. The van der Waals surface area contributed by atoms with Gasteiger partial charge in [-0.05, 0) is 56.4 Å². The molecular formula is C19H28ClNO4S. The first-order valence-corrected chi connectivity index (χ1v) is 11.0. The van der Waals surface area contributed by atoms with Gasteiger partial charge in [0.2, 0.25) is 10.0 Å². The summed E-state index contributed by atoms with van der Waals surface area (Å²) in [4.78, 5) is 10.4. The summed E-state index contributed by atoms with van der Waals surface area (Å²) in [5.74, 6) is -0.622. The van der Waals surface area contributed by atoms with Crippen LogP contribution in [0.3, 0.4) is 0 Å². The van der Waals surface area contributed by atoms with Crippen molar-refractivity contribution in [3.63, 3.8) is 0 Å². The van der Waals surface area contributed by atoms with Crippen molar-refractivity contribution >= 4 is 33.3 Å². The third-order valence-corrected chi connectivity index (χ3v) is 5.45. The Hall–Kier alpha value is -1.53. The van der Waals surface area contributed by atoms with E-state index in [2.05, 4.69) is 10.8 Å². The van der Waals surface area contributed by atoms with Crippen molar-refractivity contribution in [3.05, 3.63) is 41.4 Å². The fourth-order valence-corrected chi connectivity index (χ4v) is 3.75. The summed E-state index contributed by atoms with van der Waals surface area (Å²) in [6.07, 6.45) is 11.6. The van der Waals surface area contributed by atoms with Crippen molar-refractivity contribution in [3.8, 4) is 0 Å². The number of aliphatic carboxylic acids is 1. The Kier molecular flexibility index (Phi) is 11.1. The molecule has 0 radical (unpaired) electrons. The highest BCUT2D eigenvalue weighted by Gasteiger charge is 2.09. The Bertz CT molecular complexity index is 657. The van der Waals surface area contributed by atoms with Gasteiger partial charge in [0.1, 0.15) is 0 Å². The fraction of sp³-hybridized carbons (Fsp3) is 0.526. The van der Waals surface area contributed by atoms with E-state index in [1.54, 1.807) is 24.3 Å². The smallest absolute Gasteiger partial charge is 0.303 e. The lowest BCUT2D eigenvalue weighted by Crippen LogP contribution is -2.16.